The minimum Gasteiger partial charge on any atom is -0.497 e. The summed E-state index contributed by atoms with van der Waals surface area (Å²) in [6.07, 6.45) is 0. The van der Waals surface area contributed by atoms with Crippen molar-refractivity contribution in [3.8, 4) is 17.2 Å². The molecule has 4 aromatic rings. The average Bonchev–Trinajstić information content (AvgIpc) is 3.28. The summed E-state index contributed by atoms with van der Waals surface area (Å²) in [6.45, 7) is -0.389. The third-order valence-corrected chi connectivity index (χ3v) is 5.68. The lowest BCUT2D eigenvalue weighted by atomic mass is 10.2. The number of aromatic nitrogens is 2. The number of nitrogens with zero attached hydrogens (tertiary/aromatic N) is 2. The number of carbonyl (C=O) groups is 1. The normalized spacial score (nSPS) is 10.8. The zero-order valence-electron chi connectivity index (χ0n) is 17.1. The highest BCUT2D eigenvalue weighted by Crippen LogP contribution is 2.26. The van der Waals surface area contributed by atoms with Crippen molar-refractivity contribution in [3.63, 3.8) is 0 Å². The number of hydrogen-bond donors (Lipinski definition) is 1. The predicted molar refractivity (Wildman–Crippen MR) is 120 cm³/mol. The third-order valence-electron chi connectivity index (χ3n) is 4.79. The van der Waals surface area contributed by atoms with Gasteiger partial charge in [0.2, 0.25) is 5.91 Å². The van der Waals surface area contributed by atoms with E-state index in [1.54, 1.807) is 29.6 Å². The molecule has 0 fully saturated rings. The van der Waals surface area contributed by atoms with Gasteiger partial charge in [-0.2, -0.15) is 0 Å². The van der Waals surface area contributed by atoms with Crippen molar-refractivity contribution in [1.82, 2.24) is 9.13 Å². The number of anilines is 1. The number of carbonyl (C=O) groups excluding carboxylic acids is 1. The summed E-state index contributed by atoms with van der Waals surface area (Å²) >= 11 is 1.11. The lowest BCUT2D eigenvalue weighted by Gasteiger charge is -2.13. The van der Waals surface area contributed by atoms with Crippen LogP contribution in [0, 0.1) is 5.82 Å². The molecule has 4 rings (SSSR count). The Balaban J connectivity index is 1.76. The first-order valence-electron chi connectivity index (χ1n) is 9.44. The number of benzene rings is 2. The SMILES string of the molecule is COc1cc(NC(=O)Cn2c(=O)n(-c3ccccc3F)c(=O)c3sccc32)cc(OC)c1. The Kier molecular flexibility index (Phi) is 5.78. The van der Waals surface area contributed by atoms with Gasteiger partial charge in [-0.3, -0.25) is 14.2 Å². The van der Waals surface area contributed by atoms with Crippen molar-refractivity contribution in [2.75, 3.05) is 19.5 Å². The van der Waals surface area contributed by atoms with Crippen LogP contribution in [-0.2, 0) is 11.3 Å². The van der Waals surface area contributed by atoms with Crippen molar-refractivity contribution in [1.29, 1.82) is 0 Å². The number of rotatable bonds is 6. The Bertz CT molecular complexity index is 1420. The van der Waals surface area contributed by atoms with Gasteiger partial charge in [0.25, 0.3) is 5.56 Å². The Morgan fingerprint density at radius 3 is 2.41 bits per heavy atom. The maximum atomic E-state index is 14.4. The summed E-state index contributed by atoms with van der Waals surface area (Å²) in [5.41, 5.74) is -0.924. The number of ether oxygens (including phenoxy) is 2. The summed E-state index contributed by atoms with van der Waals surface area (Å²) < 4.78 is 26.9. The zero-order chi connectivity index (χ0) is 22.8. The molecule has 2 aromatic carbocycles. The first-order valence-corrected chi connectivity index (χ1v) is 10.3. The minimum absolute atomic E-state index is 0.176. The van der Waals surface area contributed by atoms with E-state index in [-0.39, 0.29) is 16.9 Å². The quantitative estimate of drug-likeness (QED) is 0.483. The highest BCUT2D eigenvalue weighted by molar-refractivity contribution is 7.17. The standard InChI is InChI=1S/C22H18FN3O5S/c1-30-14-9-13(10-15(11-14)31-2)24-19(27)12-25-18-7-8-32-20(18)21(28)26(22(25)29)17-6-4-3-5-16(17)23/h3-11H,12H2,1-2H3,(H,24,27). The van der Waals surface area contributed by atoms with E-state index in [0.29, 0.717) is 22.7 Å². The predicted octanol–water partition coefficient (Wildman–Crippen LogP) is 3.01. The van der Waals surface area contributed by atoms with Gasteiger partial charge in [0.15, 0.2) is 0 Å². The molecule has 0 saturated carbocycles. The maximum absolute atomic E-state index is 14.4. The summed E-state index contributed by atoms with van der Waals surface area (Å²) in [4.78, 5) is 38.9. The minimum atomic E-state index is -0.815. The van der Waals surface area contributed by atoms with Gasteiger partial charge in [0, 0.05) is 23.9 Å². The van der Waals surface area contributed by atoms with Crippen LogP contribution in [0.3, 0.4) is 0 Å². The molecule has 0 spiro atoms. The van der Waals surface area contributed by atoms with Crippen molar-refractivity contribution in [2.45, 2.75) is 6.54 Å². The fraction of sp³-hybridized carbons (Fsp3) is 0.136. The van der Waals surface area contributed by atoms with Crippen molar-refractivity contribution < 1.29 is 18.7 Å². The van der Waals surface area contributed by atoms with Crippen molar-refractivity contribution in [2.24, 2.45) is 0 Å². The smallest absolute Gasteiger partial charge is 0.336 e. The Morgan fingerprint density at radius 2 is 1.75 bits per heavy atom. The lowest BCUT2D eigenvalue weighted by Crippen LogP contribution is -2.40. The second-order valence-electron chi connectivity index (χ2n) is 6.75. The van der Waals surface area contributed by atoms with Gasteiger partial charge in [-0.25, -0.2) is 13.8 Å². The fourth-order valence-electron chi connectivity index (χ4n) is 3.31. The first-order chi connectivity index (χ1) is 15.4. The maximum Gasteiger partial charge on any atom is 0.336 e. The average molecular weight is 455 g/mol. The van der Waals surface area contributed by atoms with Gasteiger partial charge < -0.3 is 14.8 Å². The van der Waals surface area contributed by atoms with E-state index in [0.717, 1.165) is 26.5 Å². The molecule has 10 heteroatoms. The molecule has 0 bridgehead atoms. The molecule has 1 N–H and O–H groups in total. The second-order valence-corrected chi connectivity index (χ2v) is 7.66. The first kappa shape index (κ1) is 21.3. The largest absolute Gasteiger partial charge is 0.497 e. The topological polar surface area (TPSA) is 91.6 Å². The zero-order valence-corrected chi connectivity index (χ0v) is 17.9. The van der Waals surface area contributed by atoms with Crippen LogP contribution in [0.5, 0.6) is 11.5 Å². The number of nitrogens with one attached hydrogen (secondary N) is 1. The van der Waals surface area contributed by atoms with E-state index in [1.807, 2.05) is 0 Å². The van der Waals surface area contributed by atoms with Gasteiger partial charge in [-0.15, -0.1) is 11.3 Å². The van der Waals surface area contributed by atoms with Crippen LogP contribution in [0.2, 0.25) is 0 Å². The number of thiophene rings is 1. The molecule has 0 aliphatic carbocycles. The summed E-state index contributed by atoms with van der Waals surface area (Å²) in [5.74, 6) is -0.286. The Morgan fingerprint density at radius 1 is 1.06 bits per heavy atom. The van der Waals surface area contributed by atoms with Crippen molar-refractivity contribution >= 4 is 33.1 Å². The Labute approximate surface area is 185 Å². The van der Waals surface area contributed by atoms with Gasteiger partial charge in [-0.05, 0) is 23.6 Å². The second kappa shape index (κ2) is 8.67. The molecule has 0 aliphatic heterocycles. The van der Waals surface area contributed by atoms with E-state index in [2.05, 4.69) is 5.32 Å². The van der Waals surface area contributed by atoms with Crippen LogP contribution in [0.15, 0.2) is 63.5 Å². The molecule has 2 heterocycles. The van der Waals surface area contributed by atoms with Crippen LogP contribution in [0.1, 0.15) is 0 Å². The van der Waals surface area contributed by atoms with E-state index in [1.165, 1.54) is 32.4 Å². The lowest BCUT2D eigenvalue weighted by molar-refractivity contribution is -0.116. The van der Waals surface area contributed by atoms with Gasteiger partial charge in [0.1, 0.15) is 28.6 Å². The number of fused-ring (bicyclic) bond motifs is 1. The van der Waals surface area contributed by atoms with Gasteiger partial charge >= 0.3 is 5.69 Å². The van der Waals surface area contributed by atoms with Crippen LogP contribution >= 0.6 is 11.3 Å². The molecule has 164 valence electrons. The molecule has 0 aliphatic rings. The van der Waals surface area contributed by atoms with Crippen LogP contribution in [0.25, 0.3) is 15.9 Å². The number of hydrogen-bond acceptors (Lipinski definition) is 6. The van der Waals surface area contributed by atoms with Crippen LogP contribution < -0.4 is 26.0 Å². The molecule has 0 unspecified atom stereocenters. The number of para-hydroxylation sites is 1. The van der Waals surface area contributed by atoms with E-state index >= 15 is 0 Å². The third kappa shape index (κ3) is 3.87. The number of amides is 1. The van der Waals surface area contributed by atoms with E-state index in [9.17, 15) is 18.8 Å². The molecule has 0 radical (unpaired) electrons. The highest BCUT2D eigenvalue weighted by atomic mass is 32.1. The molecule has 32 heavy (non-hydrogen) atoms. The summed E-state index contributed by atoms with van der Waals surface area (Å²) in [5, 5.41) is 4.33. The fourth-order valence-corrected chi connectivity index (χ4v) is 4.13. The monoisotopic (exact) mass is 455 g/mol. The van der Waals surface area contributed by atoms with Crippen molar-refractivity contribution in [3.05, 3.63) is 80.6 Å². The van der Waals surface area contributed by atoms with Gasteiger partial charge in [0.05, 0.1) is 25.4 Å². The van der Waals surface area contributed by atoms with E-state index in [4.69, 9.17) is 9.47 Å². The number of halogens is 1. The van der Waals surface area contributed by atoms with Crippen LogP contribution in [-0.4, -0.2) is 29.3 Å². The Hall–Kier alpha value is -3.92. The summed E-state index contributed by atoms with van der Waals surface area (Å²) in [6, 6.07) is 11.9. The molecule has 1 amide bonds. The molecule has 0 saturated heterocycles. The molecule has 8 nitrogen and oxygen atoms in total. The molecule has 0 atom stereocenters. The molecule has 2 aromatic heterocycles. The van der Waals surface area contributed by atoms with E-state index < -0.39 is 23.0 Å². The summed E-state index contributed by atoms with van der Waals surface area (Å²) in [7, 11) is 2.97. The highest BCUT2D eigenvalue weighted by Gasteiger charge is 2.19. The van der Waals surface area contributed by atoms with Crippen LogP contribution in [0.4, 0.5) is 10.1 Å². The molecular formula is C22H18FN3O5S. The van der Waals surface area contributed by atoms with Gasteiger partial charge in [-0.1, -0.05) is 12.1 Å². The molecular weight excluding hydrogens is 437 g/mol. The number of methoxy groups -OCH3 is 2.